The number of anilines is 1. The fourth-order valence-corrected chi connectivity index (χ4v) is 4.91. The number of allylic oxidation sites excluding steroid dienone is 3. The zero-order chi connectivity index (χ0) is 24.1. The lowest BCUT2D eigenvalue weighted by atomic mass is 9.68. The Morgan fingerprint density at radius 1 is 1.21 bits per heavy atom. The molecule has 2 aliphatic rings. The number of carbonyl (C=O) groups is 1. The van der Waals surface area contributed by atoms with Crippen molar-refractivity contribution in [1.82, 2.24) is 0 Å². The molecule has 0 bridgehead atoms. The Kier molecular flexibility index (Phi) is 5.51. The van der Waals surface area contributed by atoms with Crippen LogP contribution in [0.4, 0.5) is 11.4 Å². The summed E-state index contributed by atoms with van der Waals surface area (Å²) in [5.74, 6) is -0.518. The summed E-state index contributed by atoms with van der Waals surface area (Å²) in [5.41, 5.74) is 9.85. The highest BCUT2D eigenvalue weighted by atomic mass is 35.5. The lowest BCUT2D eigenvalue weighted by molar-refractivity contribution is -0.384. The Balaban J connectivity index is 2.00. The van der Waals surface area contributed by atoms with Gasteiger partial charge in [0, 0.05) is 34.8 Å². The van der Waals surface area contributed by atoms with Crippen molar-refractivity contribution in [2.45, 2.75) is 39.5 Å². The number of nitro benzene ring substituents is 1. The van der Waals surface area contributed by atoms with Crippen molar-refractivity contribution in [2.24, 2.45) is 11.1 Å². The fraction of sp³-hybridized carbons (Fsp3) is 0.280. The molecule has 7 nitrogen and oxygen atoms in total. The van der Waals surface area contributed by atoms with E-state index in [0.29, 0.717) is 34.7 Å². The van der Waals surface area contributed by atoms with Gasteiger partial charge in [0.1, 0.15) is 5.82 Å². The zero-order valence-corrected chi connectivity index (χ0v) is 19.3. The van der Waals surface area contributed by atoms with E-state index in [4.69, 9.17) is 17.3 Å². The van der Waals surface area contributed by atoms with Gasteiger partial charge in [-0.15, -0.1) is 0 Å². The van der Waals surface area contributed by atoms with E-state index in [2.05, 4.69) is 6.07 Å². The predicted molar refractivity (Wildman–Crippen MR) is 126 cm³/mol. The highest BCUT2D eigenvalue weighted by Crippen LogP contribution is 2.50. The van der Waals surface area contributed by atoms with Crippen LogP contribution in [0.5, 0.6) is 0 Å². The van der Waals surface area contributed by atoms with Crippen molar-refractivity contribution < 1.29 is 9.72 Å². The second kappa shape index (κ2) is 8.05. The number of halogens is 1. The molecule has 0 aromatic heterocycles. The Morgan fingerprint density at radius 2 is 1.88 bits per heavy atom. The molecule has 8 heteroatoms. The number of nitriles is 1. The number of non-ortho nitro benzene ring substituents is 1. The number of nitrogens with two attached hydrogens (primary N) is 1. The van der Waals surface area contributed by atoms with Gasteiger partial charge in [0.05, 0.1) is 28.2 Å². The van der Waals surface area contributed by atoms with Gasteiger partial charge in [-0.1, -0.05) is 43.6 Å². The minimum atomic E-state index is -0.690. The van der Waals surface area contributed by atoms with Crippen LogP contribution in [0.3, 0.4) is 0 Å². The van der Waals surface area contributed by atoms with Crippen molar-refractivity contribution in [1.29, 1.82) is 5.26 Å². The summed E-state index contributed by atoms with van der Waals surface area (Å²) in [5, 5.41) is 21.8. The quantitative estimate of drug-likeness (QED) is 0.476. The number of hydrogen-bond acceptors (Lipinski definition) is 6. The molecule has 4 rings (SSSR count). The molecule has 1 atom stereocenters. The summed E-state index contributed by atoms with van der Waals surface area (Å²) in [6.45, 7) is 5.92. The van der Waals surface area contributed by atoms with E-state index in [1.165, 1.54) is 12.1 Å². The molecule has 0 fully saturated rings. The minimum absolute atomic E-state index is 0.0606. The van der Waals surface area contributed by atoms with E-state index < -0.39 is 10.8 Å². The van der Waals surface area contributed by atoms with E-state index in [1.54, 1.807) is 23.1 Å². The van der Waals surface area contributed by atoms with E-state index in [-0.39, 0.29) is 28.3 Å². The molecule has 1 aliphatic carbocycles. The average Bonchev–Trinajstić information content (AvgIpc) is 2.75. The van der Waals surface area contributed by atoms with Crippen molar-refractivity contribution >= 4 is 28.8 Å². The van der Waals surface area contributed by atoms with Crippen LogP contribution in [0.25, 0.3) is 0 Å². The summed E-state index contributed by atoms with van der Waals surface area (Å²) in [6, 6.07) is 13.6. The fourth-order valence-electron chi connectivity index (χ4n) is 4.74. The predicted octanol–water partition coefficient (Wildman–Crippen LogP) is 5.50. The third-order valence-corrected chi connectivity index (χ3v) is 6.71. The van der Waals surface area contributed by atoms with Gasteiger partial charge in [-0.2, -0.15) is 5.26 Å². The summed E-state index contributed by atoms with van der Waals surface area (Å²) in [4.78, 5) is 25.9. The Hall–Kier alpha value is -3.63. The maximum Gasteiger partial charge on any atom is 0.269 e. The monoisotopic (exact) mass is 462 g/mol. The first-order chi connectivity index (χ1) is 15.6. The summed E-state index contributed by atoms with van der Waals surface area (Å²) in [7, 11) is 0. The summed E-state index contributed by atoms with van der Waals surface area (Å²) >= 11 is 6.39. The average molecular weight is 463 g/mol. The third-order valence-electron chi connectivity index (χ3n) is 6.30. The molecular formula is C25H23ClN4O3. The first-order valence-electron chi connectivity index (χ1n) is 10.5. The molecule has 168 valence electrons. The van der Waals surface area contributed by atoms with Crippen LogP contribution in [0.2, 0.25) is 5.02 Å². The number of carbonyl (C=O) groups excluding carboxylic acids is 1. The lowest BCUT2D eigenvalue weighted by Gasteiger charge is -2.44. The number of ketones is 1. The van der Waals surface area contributed by atoms with Crippen LogP contribution in [-0.4, -0.2) is 10.7 Å². The molecule has 2 aromatic carbocycles. The van der Waals surface area contributed by atoms with Gasteiger partial charge in [0.15, 0.2) is 5.78 Å². The third kappa shape index (κ3) is 3.77. The van der Waals surface area contributed by atoms with Crippen molar-refractivity contribution in [3.05, 3.63) is 91.4 Å². The van der Waals surface area contributed by atoms with Crippen LogP contribution in [0, 0.1) is 33.8 Å². The van der Waals surface area contributed by atoms with E-state index in [1.807, 2.05) is 32.9 Å². The second-order valence-electron chi connectivity index (χ2n) is 9.21. The number of nitro groups is 1. The number of nitrogens with zero attached hydrogens (tertiary/aromatic N) is 3. The normalized spacial score (nSPS) is 19.9. The molecule has 0 radical (unpaired) electrons. The first-order valence-corrected chi connectivity index (χ1v) is 10.9. The molecule has 0 saturated heterocycles. The van der Waals surface area contributed by atoms with Crippen LogP contribution in [-0.2, 0) is 4.79 Å². The van der Waals surface area contributed by atoms with Gasteiger partial charge in [0.25, 0.3) is 5.69 Å². The van der Waals surface area contributed by atoms with Gasteiger partial charge in [-0.3, -0.25) is 19.8 Å². The first kappa shape index (κ1) is 22.6. The largest absolute Gasteiger partial charge is 0.384 e. The smallest absolute Gasteiger partial charge is 0.269 e. The topological polar surface area (TPSA) is 113 Å². The van der Waals surface area contributed by atoms with E-state index in [0.717, 1.165) is 11.3 Å². The van der Waals surface area contributed by atoms with Gasteiger partial charge in [-0.05, 0) is 42.0 Å². The molecule has 1 heterocycles. The number of benzene rings is 2. The summed E-state index contributed by atoms with van der Waals surface area (Å²) in [6.07, 6.45) is 0.902. The van der Waals surface area contributed by atoms with Crippen LogP contribution >= 0.6 is 11.6 Å². The highest BCUT2D eigenvalue weighted by molar-refractivity contribution is 6.31. The van der Waals surface area contributed by atoms with Gasteiger partial charge >= 0.3 is 0 Å². The standard InChI is InChI=1S/C25H23ClN4O3/c1-14-18(26)5-4-6-19(14)29-20-11-25(2,3)12-21(31)23(20)22(17(13-27)24(29)28)15-7-9-16(10-8-15)30(32)33/h4-10,22H,11-12,28H2,1-3H3/t22-/m1/s1. The SMILES string of the molecule is Cc1c(Cl)cccc1N1C(N)=C(C#N)[C@@H](c2ccc([N+](=O)[O-])cc2)C2=C1CC(C)(C)CC2=O. The zero-order valence-electron chi connectivity index (χ0n) is 18.6. The van der Waals surface area contributed by atoms with Crippen molar-refractivity contribution in [2.75, 3.05) is 4.90 Å². The molecule has 0 amide bonds. The molecular weight excluding hydrogens is 440 g/mol. The summed E-state index contributed by atoms with van der Waals surface area (Å²) < 4.78 is 0. The lowest BCUT2D eigenvalue weighted by Crippen LogP contribution is -2.42. The van der Waals surface area contributed by atoms with Crippen molar-refractivity contribution in [3.8, 4) is 6.07 Å². The highest BCUT2D eigenvalue weighted by Gasteiger charge is 2.45. The van der Waals surface area contributed by atoms with Crippen LogP contribution < -0.4 is 10.6 Å². The number of rotatable bonds is 3. The van der Waals surface area contributed by atoms with Gasteiger partial charge < -0.3 is 5.73 Å². The van der Waals surface area contributed by atoms with E-state index >= 15 is 0 Å². The molecule has 33 heavy (non-hydrogen) atoms. The van der Waals surface area contributed by atoms with E-state index in [9.17, 15) is 20.2 Å². The molecule has 2 N–H and O–H groups in total. The molecule has 0 unspecified atom stereocenters. The Bertz CT molecular complexity index is 1290. The maximum atomic E-state index is 13.5. The maximum absolute atomic E-state index is 13.5. The molecule has 1 aliphatic heterocycles. The Labute approximate surface area is 196 Å². The molecule has 0 saturated carbocycles. The second-order valence-corrected chi connectivity index (χ2v) is 9.62. The van der Waals surface area contributed by atoms with Gasteiger partial charge in [0.2, 0.25) is 0 Å². The Morgan fingerprint density at radius 3 is 2.48 bits per heavy atom. The molecule has 2 aromatic rings. The van der Waals surface area contributed by atoms with Gasteiger partial charge in [-0.25, -0.2) is 0 Å². The van der Waals surface area contributed by atoms with Crippen LogP contribution in [0.1, 0.15) is 43.7 Å². The number of Topliss-reactive ketones (excluding diaryl/α,β-unsaturated/α-hetero) is 1. The van der Waals surface area contributed by atoms with Crippen molar-refractivity contribution in [3.63, 3.8) is 0 Å². The number of hydrogen-bond donors (Lipinski definition) is 1. The molecule has 0 spiro atoms. The minimum Gasteiger partial charge on any atom is -0.384 e. The van der Waals surface area contributed by atoms with Crippen LogP contribution in [0.15, 0.2) is 65.1 Å².